The van der Waals surface area contributed by atoms with Crippen LogP contribution in [0, 0.1) is 11.6 Å². The van der Waals surface area contributed by atoms with Crippen molar-refractivity contribution in [1.29, 1.82) is 0 Å². The molecule has 3 rings (SSSR count). The third kappa shape index (κ3) is 3.98. The van der Waals surface area contributed by atoms with Crippen LogP contribution >= 0.6 is 11.6 Å². The molecule has 5 nitrogen and oxygen atoms in total. The fourth-order valence-corrected chi connectivity index (χ4v) is 6.54. The summed E-state index contributed by atoms with van der Waals surface area (Å²) in [5.74, 6) is -2.70. The summed E-state index contributed by atoms with van der Waals surface area (Å²) in [5, 5.41) is -0.114. The standard InChI is InChI=1S/C20H16ClF2NO4S2/c1-12(24)13-5-8-15(9-6-13)29(25,26)18-10-7-14(21)11-19(18)30(27,28)20-16(22)3-2-4-17(20)23/h2-12H,24H2,1H3. The van der Waals surface area contributed by atoms with E-state index in [0.717, 1.165) is 30.3 Å². The molecule has 30 heavy (non-hydrogen) atoms. The number of hydrogen-bond donors (Lipinski definition) is 1. The Morgan fingerprint density at radius 3 is 1.93 bits per heavy atom. The predicted octanol–water partition coefficient (Wildman–Crippen LogP) is 4.30. The van der Waals surface area contributed by atoms with E-state index in [0.29, 0.717) is 5.56 Å². The summed E-state index contributed by atoms with van der Waals surface area (Å²) in [6.45, 7) is 1.72. The molecule has 0 amide bonds. The lowest BCUT2D eigenvalue weighted by molar-refractivity contribution is 0.518. The van der Waals surface area contributed by atoms with Crippen LogP contribution in [0.2, 0.25) is 5.02 Å². The Kier molecular flexibility index (Phi) is 6.01. The maximum Gasteiger partial charge on any atom is 0.213 e. The van der Waals surface area contributed by atoms with Crippen molar-refractivity contribution in [3.05, 3.63) is 82.9 Å². The number of sulfone groups is 2. The molecule has 3 aromatic rings. The Morgan fingerprint density at radius 2 is 1.40 bits per heavy atom. The molecule has 158 valence electrons. The van der Waals surface area contributed by atoms with Crippen LogP contribution in [0.5, 0.6) is 0 Å². The van der Waals surface area contributed by atoms with Crippen LogP contribution in [0.25, 0.3) is 0 Å². The van der Waals surface area contributed by atoms with Crippen LogP contribution in [0.15, 0.2) is 80.2 Å². The molecule has 2 N–H and O–H groups in total. The van der Waals surface area contributed by atoms with Gasteiger partial charge in [-0.3, -0.25) is 0 Å². The Morgan fingerprint density at radius 1 is 0.833 bits per heavy atom. The molecule has 0 aliphatic carbocycles. The van der Waals surface area contributed by atoms with E-state index < -0.39 is 46.0 Å². The van der Waals surface area contributed by atoms with E-state index in [4.69, 9.17) is 17.3 Å². The highest BCUT2D eigenvalue weighted by molar-refractivity contribution is 7.94. The minimum absolute atomic E-state index is 0.114. The molecule has 0 saturated carbocycles. The second-order valence-corrected chi connectivity index (χ2v) is 10.7. The average Bonchev–Trinajstić information content (AvgIpc) is 2.67. The lowest BCUT2D eigenvalue weighted by Gasteiger charge is -2.14. The molecule has 0 aliphatic rings. The first-order valence-corrected chi connectivity index (χ1v) is 11.9. The molecule has 3 aromatic carbocycles. The predicted molar refractivity (Wildman–Crippen MR) is 108 cm³/mol. The van der Waals surface area contributed by atoms with Crippen molar-refractivity contribution in [3.8, 4) is 0 Å². The Hall–Kier alpha value is -2.33. The number of benzene rings is 3. The highest BCUT2D eigenvalue weighted by Gasteiger charge is 2.33. The molecule has 0 spiro atoms. The molecule has 0 heterocycles. The number of nitrogens with two attached hydrogens (primary N) is 1. The fourth-order valence-electron chi connectivity index (χ4n) is 2.84. The van der Waals surface area contributed by atoms with Gasteiger partial charge in [0.2, 0.25) is 19.7 Å². The molecule has 0 fully saturated rings. The Balaban J connectivity index is 2.26. The number of hydrogen-bond acceptors (Lipinski definition) is 5. The maximum absolute atomic E-state index is 14.2. The van der Waals surface area contributed by atoms with Crippen LogP contribution in [0.4, 0.5) is 8.78 Å². The number of halogens is 3. The molecule has 0 saturated heterocycles. The first kappa shape index (κ1) is 22.4. The van der Waals surface area contributed by atoms with Crippen LogP contribution < -0.4 is 5.73 Å². The van der Waals surface area contributed by atoms with Crippen molar-refractivity contribution in [2.24, 2.45) is 5.73 Å². The largest absolute Gasteiger partial charge is 0.324 e. The van der Waals surface area contributed by atoms with Crippen molar-refractivity contribution in [2.45, 2.75) is 32.5 Å². The summed E-state index contributed by atoms with van der Waals surface area (Å²) < 4.78 is 80.8. The fraction of sp³-hybridized carbons (Fsp3) is 0.100. The van der Waals surface area contributed by atoms with E-state index in [-0.39, 0.29) is 16.0 Å². The minimum Gasteiger partial charge on any atom is -0.324 e. The normalized spacial score (nSPS) is 13.2. The number of rotatable bonds is 5. The quantitative estimate of drug-likeness (QED) is 0.598. The van der Waals surface area contributed by atoms with Gasteiger partial charge >= 0.3 is 0 Å². The van der Waals surface area contributed by atoms with Gasteiger partial charge in [-0.25, -0.2) is 25.6 Å². The van der Waals surface area contributed by atoms with Gasteiger partial charge in [0.1, 0.15) is 16.5 Å². The van der Waals surface area contributed by atoms with Crippen molar-refractivity contribution >= 4 is 31.3 Å². The highest BCUT2D eigenvalue weighted by Crippen LogP contribution is 2.35. The van der Waals surface area contributed by atoms with Crippen molar-refractivity contribution in [1.82, 2.24) is 0 Å². The molecule has 0 bridgehead atoms. The zero-order chi connectivity index (χ0) is 22.3. The van der Waals surface area contributed by atoms with Gasteiger partial charge in [0.05, 0.1) is 14.7 Å². The summed E-state index contributed by atoms with van der Waals surface area (Å²) in [6, 6.07) is 10.8. The third-order valence-electron chi connectivity index (χ3n) is 4.39. The van der Waals surface area contributed by atoms with Crippen molar-refractivity contribution in [2.75, 3.05) is 0 Å². The monoisotopic (exact) mass is 471 g/mol. The summed E-state index contributed by atoms with van der Waals surface area (Å²) in [5.41, 5.74) is 6.43. The highest BCUT2D eigenvalue weighted by atomic mass is 35.5. The van der Waals surface area contributed by atoms with Crippen LogP contribution in [0.1, 0.15) is 18.5 Å². The first-order valence-electron chi connectivity index (χ1n) is 8.55. The molecule has 0 aromatic heterocycles. The first-order chi connectivity index (χ1) is 14.0. The summed E-state index contributed by atoms with van der Waals surface area (Å²) >= 11 is 5.88. The molecule has 0 aliphatic heterocycles. The van der Waals surface area contributed by atoms with E-state index in [1.807, 2.05) is 0 Å². The summed E-state index contributed by atoms with van der Waals surface area (Å²) in [4.78, 5) is -2.94. The zero-order valence-electron chi connectivity index (χ0n) is 15.5. The van der Waals surface area contributed by atoms with Gasteiger partial charge in [-0.05, 0) is 55.0 Å². The molecular formula is C20H16ClF2NO4S2. The van der Waals surface area contributed by atoms with Gasteiger partial charge in [0.15, 0.2) is 0 Å². The second kappa shape index (κ2) is 8.07. The van der Waals surface area contributed by atoms with Crippen LogP contribution in [-0.4, -0.2) is 16.8 Å². The summed E-state index contributed by atoms with van der Waals surface area (Å²) in [6.07, 6.45) is 0. The SMILES string of the molecule is CC(N)c1ccc(S(=O)(=O)c2ccc(Cl)cc2S(=O)(=O)c2c(F)cccc2F)cc1. The van der Waals surface area contributed by atoms with E-state index in [1.54, 1.807) is 6.92 Å². The van der Waals surface area contributed by atoms with E-state index in [1.165, 1.54) is 30.3 Å². The van der Waals surface area contributed by atoms with Gasteiger partial charge in [0.25, 0.3) is 0 Å². The minimum atomic E-state index is -4.90. The van der Waals surface area contributed by atoms with Gasteiger partial charge in [-0.1, -0.05) is 29.8 Å². The molecule has 1 atom stereocenters. The second-order valence-electron chi connectivity index (χ2n) is 6.51. The molecule has 1 unspecified atom stereocenters. The lowest BCUT2D eigenvalue weighted by atomic mass is 10.1. The Labute approximate surface area is 178 Å². The lowest BCUT2D eigenvalue weighted by Crippen LogP contribution is -2.13. The van der Waals surface area contributed by atoms with Crippen molar-refractivity contribution < 1.29 is 25.6 Å². The average molecular weight is 472 g/mol. The molecule has 0 radical (unpaired) electrons. The smallest absolute Gasteiger partial charge is 0.213 e. The topological polar surface area (TPSA) is 94.3 Å². The van der Waals surface area contributed by atoms with Gasteiger partial charge < -0.3 is 5.73 Å². The van der Waals surface area contributed by atoms with E-state index in [9.17, 15) is 25.6 Å². The van der Waals surface area contributed by atoms with E-state index >= 15 is 0 Å². The van der Waals surface area contributed by atoms with E-state index in [2.05, 4.69) is 0 Å². The van der Waals surface area contributed by atoms with Crippen LogP contribution in [-0.2, 0) is 19.7 Å². The van der Waals surface area contributed by atoms with Crippen molar-refractivity contribution in [3.63, 3.8) is 0 Å². The summed E-state index contributed by atoms with van der Waals surface area (Å²) in [7, 11) is -9.27. The molecule has 10 heteroatoms. The van der Waals surface area contributed by atoms with Gasteiger partial charge in [-0.15, -0.1) is 0 Å². The van der Waals surface area contributed by atoms with Crippen LogP contribution in [0.3, 0.4) is 0 Å². The van der Waals surface area contributed by atoms with Gasteiger partial charge in [0, 0.05) is 11.1 Å². The molecular weight excluding hydrogens is 456 g/mol. The zero-order valence-corrected chi connectivity index (χ0v) is 17.9. The van der Waals surface area contributed by atoms with Gasteiger partial charge in [-0.2, -0.15) is 0 Å². The third-order valence-corrected chi connectivity index (χ3v) is 8.42. The maximum atomic E-state index is 14.2. The Bertz CT molecular complexity index is 1300.